The monoisotopic (exact) mass is 964 g/mol. The van der Waals surface area contributed by atoms with Crippen LogP contribution >= 0.6 is 34.8 Å². The maximum Gasteiger partial charge on any atom is 0.260 e. The van der Waals surface area contributed by atoms with Gasteiger partial charge in [0.15, 0.2) is 24.4 Å². The van der Waals surface area contributed by atoms with Gasteiger partial charge in [-0.25, -0.2) is 0 Å². The summed E-state index contributed by atoms with van der Waals surface area (Å²) in [6.45, 7) is 12.7. The van der Waals surface area contributed by atoms with Crippen LogP contribution in [0.5, 0.6) is 23.0 Å². The molecule has 0 saturated heterocycles. The second kappa shape index (κ2) is 25.1. The van der Waals surface area contributed by atoms with Gasteiger partial charge in [0, 0.05) is 39.2 Å². The maximum atomic E-state index is 12.6. The number of carbonyl (C=O) groups excluding carboxylic acids is 4. The van der Waals surface area contributed by atoms with E-state index in [0.717, 1.165) is 68.1 Å². The number of benzene rings is 4. The van der Waals surface area contributed by atoms with Crippen molar-refractivity contribution in [2.45, 2.75) is 148 Å². The highest BCUT2D eigenvalue weighted by Gasteiger charge is 2.29. The molecule has 2 fully saturated rings. The molecule has 4 atom stereocenters. The number of nitrogens with one attached hydrogen (secondary N) is 4. The van der Waals surface area contributed by atoms with Gasteiger partial charge in [-0.1, -0.05) is 52.5 Å². The summed E-state index contributed by atoms with van der Waals surface area (Å²) in [5.74, 6) is 2.00. The highest BCUT2D eigenvalue weighted by Crippen LogP contribution is 2.26. The number of hydrogen-bond donors (Lipinski definition) is 4. The Morgan fingerprint density at radius 3 is 1.00 bits per heavy atom. The number of ether oxygens (including phenoxy) is 4. The third-order valence-corrected chi connectivity index (χ3v) is 12.4. The van der Waals surface area contributed by atoms with Crippen molar-refractivity contribution in [3.05, 3.63) is 117 Å². The minimum atomic E-state index is -0.619. The summed E-state index contributed by atoms with van der Waals surface area (Å²) in [6.07, 6.45) is 3.95. The van der Waals surface area contributed by atoms with E-state index in [-0.39, 0.29) is 47.8 Å². The number of halogens is 3. The van der Waals surface area contributed by atoms with Gasteiger partial charge in [-0.2, -0.15) is 0 Å². The summed E-state index contributed by atoms with van der Waals surface area (Å²) < 4.78 is 23.1. The van der Waals surface area contributed by atoms with E-state index in [2.05, 4.69) is 21.3 Å². The van der Waals surface area contributed by atoms with Crippen molar-refractivity contribution in [3.63, 3.8) is 0 Å². The molecule has 4 unspecified atom stereocenters. The topological polar surface area (TPSA) is 153 Å². The summed E-state index contributed by atoms with van der Waals surface area (Å²) in [7, 11) is 0. The minimum Gasteiger partial charge on any atom is -0.481 e. The molecule has 2 aliphatic carbocycles. The molecule has 15 heteroatoms. The molecular weight excluding hydrogens is 903 g/mol. The van der Waals surface area contributed by atoms with Crippen LogP contribution in [-0.2, 0) is 19.2 Å². The van der Waals surface area contributed by atoms with Crippen LogP contribution in [-0.4, -0.2) is 72.2 Å². The van der Waals surface area contributed by atoms with Gasteiger partial charge in [0.25, 0.3) is 23.6 Å². The lowest BCUT2D eigenvalue weighted by Crippen LogP contribution is -2.48. The quantitative estimate of drug-likeness (QED) is 0.0866. The molecule has 4 aromatic carbocycles. The lowest BCUT2D eigenvalue weighted by Gasteiger charge is -2.31. The SMILES string of the molecule is Cc1cc(Cl)ccc1OC(C)C(=O)NC1CCC(NC(=O)C(C)Oc2ccc(Cl)cc2C)CC1.Cc1ccc(OC(C)C(=O)NC2CCC(NC(=O)C(C)Oc3ccc(Cl)cc3)CC2)cc1. The van der Waals surface area contributed by atoms with Crippen molar-refractivity contribution < 1.29 is 38.1 Å². The first-order valence-corrected chi connectivity index (χ1v) is 23.8. The highest BCUT2D eigenvalue weighted by atomic mass is 35.5. The molecule has 2 aliphatic rings. The smallest absolute Gasteiger partial charge is 0.260 e. The predicted octanol–water partition coefficient (Wildman–Crippen LogP) is 9.82. The molecule has 66 heavy (non-hydrogen) atoms. The van der Waals surface area contributed by atoms with Crippen molar-refractivity contribution in [1.29, 1.82) is 0 Å². The Morgan fingerprint density at radius 2 is 0.697 bits per heavy atom. The van der Waals surface area contributed by atoms with E-state index in [1.165, 1.54) is 0 Å². The lowest BCUT2D eigenvalue weighted by molar-refractivity contribution is -0.129. The minimum absolute atomic E-state index is 0.0587. The van der Waals surface area contributed by atoms with Gasteiger partial charge in [0.1, 0.15) is 23.0 Å². The molecule has 0 radical (unpaired) electrons. The first-order chi connectivity index (χ1) is 31.4. The third kappa shape index (κ3) is 16.6. The maximum absolute atomic E-state index is 12.6. The van der Waals surface area contributed by atoms with Gasteiger partial charge in [0.05, 0.1) is 0 Å². The van der Waals surface area contributed by atoms with E-state index in [9.17, 15) is 19.2 Å². The predicted molar refractivity (Wildman–Crippen MR) is 260 cm³/mol. The van der Waals surface area contributed by atoms with E-state index in [1.54, 1.807) is 88.4 Å². The Morgan fingerprint density at radius 1 is 0.424 bits per heavy atom. The molecule has 0 heterocycles. The second-order valence-electron chi connectivity index (χ2n) is 17.3. The zero-order chi connectivity index (χ0) is 47.9. The largest absolute Gasteiger partial charge is 0.481 e. The average molecular weight is 966 g/mol. The Bertz CT molecular complexity index is 2070. The van der Waals surface area contributed by atoms with Crippen molar-refractivity contribution >= 4 is 58.4 Å². The highest BCUT2D eigenvalue weighted by molar-refractivity contribution is 6.31. The molecule has 0 aliphatic heterocycles. The normalized spacial score (nSPS) is 19.8. The molecule has 0 aromatic heterocycles. The van der Waals surface area contributed by atoms with Gasteiger partial charge >= 0.3 is 0 Å². The zero-order valence-electron chi connectivity index (χ0n) is 38.8. The first kappa shape index (κ1) is 51.8. The van der Waals surface area contributed by atoms with E-state index >= 15 is 0 Å². The van der Waals surface area contributed by atoms with Crippen LogP contribution in [0.15, 0.2) is 84.9 Å². The fraction of sp³-hybridized carbons (Fsp3) is 0.451. The van der Waals surface area contributed by atoms with E-state index < -0.39 is 24.4 Å². The van der Waals surface area contributed by atoms with Crippen LogP contribution in [0, 0.1) is 20.8 Å². The van der Waals surface area contributed by atoms with Crippen LogP contribution in [0.25, 0.3) is 0 Å². The summed E-state index contributed by atoms with van der Waals surface area (Å²) in [4.78, 5) is 50.2. The number of hydrogen-bond acceptors (Lipinski definition) is 8. The molecule has 4 N–H and O–H groups in total. The van der Waals surface area contributed by atoms with Crippen LogP contribution in [0.3, 0.4) is 0 Å². The van der Waals surface area contributed by atoms with E-state index in [0.29, 0.717) is 38.1 Å². The lowest BCUT2D eigenvalue weighted by atomic mass is 9.91. The van der Waals surface area contributed by atoms with Crippen molar-refractivity contribution in [1.82, 2.24) is 21.3 Å². The molecule has 2 saturated carbocycles. The average Bonchev–Trinajstić information content (AvgIpc) is 3.28. The van der Waals surface area contributed by atoms with E-state index in [1.807, 2.05) is 45.0 Å². The van der Waals surface area contributed by atoms with Crippen molar-refractivity contribution in [2.24, 2.45) is 0 Å². The van der Waals surface area contributed by atoms with E-state index in [4.69, 9.17) is 53.8 Å². The second-order valence-corrected chi connectivity index (χ2v) is 18.6. The fourth-order valence-electron chi connectivity index (χ4n) is 7.66. The van der Waals surface area contributed by atoms with Crippen LogP contribution in [0.1, 0.15) is 95.8 Å². The third-order valence-electron chi connectivity index (χ3n) is 11.7. The molecule has 4 amide bonds. The van der Waals surface area contributed by atoms with Gasteiger partial charge in [-0.3, -0.25) is 19.2 Å². The first-order valence-electron chi connectivity index (χ1n) is 22.6. The van der Waals surface area contributed by atoms with Crippen molar-refractivity contribution in [3.8, 4) is 23.0 Å². The summed E-state index contributed by atoms with van der Waals surface area (Å²) in [6, 6.07) is 25.5. The summed E-state index contributed by atoms with van der Waals surface area (Å²) in [5, 5.41) is 14.2. The molecule has 4 aromatic rings. The molecular formula is C51H63Cl3N4O8. The number of rotatable bonds is 16. The standard InChI is InChI=1S/C26H32Cl2N2O4.C25H31ClN2O4/c1-15-13-19(27)5-11-23(15)33-17(3)25(31)29-21-7-9-22(10-8-21)30-26(32)18(4)34-24-12-6-20(28)14-16(24)2;1-16-4-12-22(13-5-16)31-17(2)24(29)27-20-8-10-21(11-9-20)28-25(30)18(3)32-23-14-6-19(26)7-15-23/h5-6,11-14,17-18,21-22H,7-10H2,1-4H3,(H,29,31)(H,30,32);4-7,12-15,17-18,20-21H,8-11H2,1-3H3,(H,27,29)(H,28,30). The molecule has 12 nitrogen and oxygen atoms in total. The van der Waals surface area contributed by atoms with Gasteiger partial charge in [-0.15, -0.1) is 0 Å². The number of carbonyl (C=O) groups is 4. The summed E-state index contributed by atoms with van der Waals surface area (Å²) in [5.41, 5.74) is 2.91. The Labute approximate surface area is 404 Å². The van der Waals surface area contributed by atoms with Crippen molar-refractivity contribution in [2.75, 3.05) is 0 Å². The Kier molecular flexibility index (Phi) is 19.7. The molecule has 0 bridgehead atoms. The molecule has 0 spiro atoms. The Hall–Kier alpha value is -5.17. The van der Waals surface area contributed by atoms with Crippen LogP contribution in [0.4, 0.5) is 0 Å². The van der Waals surface area contributed by atoms with Gasteiger partial charge < -0.3 is 40.2 Å². The molecule has 356 valence electrons. The van der Waals surface area contributed by atoms with Gasteiger partial charge in [0.2, 0.25) is 0 Å². The van der Waals surface area contributed by atoms with Crippen LogP contribution in [0.2, 0.25) is 15.1 Å². The zero-order valence-corrected chi connectivity index (χ0v) is 41.0. The number of aryl methyl sites for hydroxylation is 3. The number of amides is 4. The summed E-state index contributed by atoms with van der Waals surface area (Å²) >= 11 is 17.8. The Balaban J connectivity index is 0.000000248. The van der Waals surface area contributed by atoms with Crippen LogP contribution < -0.4 is 40.2 Å². The fourth-order valence-corrected chi connectivity index (χ4v) is 8.24. The molecule has 6 rings (SSSR count). The van der Waals surface area contributed by atoms with Gasteiger partial charge in [-0.05, 0) is 184 Å².